The number of hydrogen-bond donors (Lipinski definition) is 1. The minimum atomic E-state index is -0.595. The summed E-state index contributed by atoms with van der Waals surface area (Å²) in [6.07, 6.45) is 1.23. The van der Waals surface area contributed by atoms with Gasteiger partial charge in [0.25, 0.3) is 5.56 Å². The molecule has 2 aromatic carbocycles. The topological polar surface area (TPSA) is 93.6 Å². The number of amides is 1. The van der Waals surface area contributed by atoms with E-state index in [9.17, 15) is 14.4 Å². The summed E-state index contributed by atoms with van der Waals surface area (Å²) in [6, 6.07) is 19.8. The van der Waals surface area contributed by atoms with Crippen LogP contribution in [0.25, 0.3) is 0 Å². The van der Waals surface area contributed by atoms with Crippen LogP contribution in [0.15, 0.2) is 76.4 Å². The van der Waals surface area contributed by atoms with Gasteiger partial charge in [-0.2, -0.15) is 0 Å². The zero-order valence-electron chi connectivity index (χ0n) is 19.2. The lowest BCUT2D eigenvalue weighted by Gasteiger charge is -2.19. The normalized spacial score (nSPS) is 17.7. The lowest BCUT2D eigenvalue weighted by atomic mass is 10.1. The molecule has 0 aliphatic carbocycles. The molecule has 1 aromatic heterocycles. The summed E-state index contributed by atoms with van der Waals surface area (Å²) in [5.74, 6) is -0.196. The summed E-state index contributed by atoms with van der Waals surface area (Å²) >= 11 is 0. The molecule has 2 unspecified atom stereocenters. The van der Waals surface area contributed by atoms with E-state index < -0.39 is 11.2 Å². The number of aromatic amines is 1. The number of carbonyl (C=O) groups is 1. The molecule has 178 valence electrons. The van der Waals surface area contributed by atoms with Crippen molar-refractivity contribution in [2.75, 3.05) is 19.7 Å². The third-order valence-electron chi connectivity index (χ3n) is 5.98. The standard InChI is InChI=1S/C26H29N3O5/c1-19-12-29(26(32)27-25(19)31)15-24(30)28-13-22(18-33-16-20-8-4-2-5-9-20)23(14-28)34-17-21-10-6-3-7-11-21/h2-12,22-23H,13-18H2,1H3,(H,27,31,32). The minimum Gasteiger partial charge on any atom is -0.376 e. The van der Waals surface area contributed by atoms with E-state index in [-0.39, 0.29) is 24.5 Å². The first-order valence-corrected chi connectivity index (χ1v) is 11.3. The molecule has 3 aromatic rings. The number of H-pyrrole nitrogens is 1. The zero-order valence-corrected chi connectivity index (χ0v) is 19.2. The Hall–Kier alpha value is -3.49. The average molecular weight is 464 g/mol. The molecule has 4 rings (SSSR count). The van der Waals surface area contributed by atoms with Gasteiger partial charge in [0.1, 0.15) is 6.54 Å². The molecule has 0 saturated carbocycles. The van der Waals surface area contributed by atoms with Crippen LogP contribution >= 0.6 is 0 Å². The number of carbonyl (C=O) groups excluding carboxylic acids is 1. The summed E-state index contributed by atoms with van der Waals surface area (Å²) in [4.78, 5) is 40.7. The molecule has 1 aliphatic heterocycles. The van der Waals surface area contributed by atoms with Crippen LogP contribution in [0.2, 0.25) is 0 Å². The Kier molecular flexibility index (Phi) is 7.72. The molecule has 8 heteroatoms. The molecule has 8 nitrogen and oxygen atoms in total. The smallest absolute Gasteiger partial charge is 0.328 e. The van der Waals surface area contributed by atoms with E-state index >= 15 is 0 Å². The van der Waals surface area contributed by atoms with E-state index in [4.69, 9.17) is 9.47 Å². The summed E-state index contributed by atoms with van der Waals surface area (Å²) < 4.78 is 13.4. The van der Waals surface area contributed by atoms with Crippen molar-refractivity contribution in [2.24, 2.45) is 5.92 Å². The molecule has 1 fully saturated rings. The molecule has 1 N–H and O–H groups in total. The second-order valence-corrected chi connectivity index (χ2v) is 8.59. The SMILES string of the molecule is Cc1cn(CC(=O)N2CC(COCc3ccccc3)C(OCc3ccccc3)C2)c(=O)[nH]c1=O. The average Bonchev–Trinajstić information content (AvgIpc) is 3.26. The molecular weight excluding hydrogens is 434 g/mol. The lowest BCUT2D eigenvalue weighted by molar-refractivity contribution is -0.131. The minimum absolute atomic E-state index is 0.00501. The van der Waals surface area contributed by atoms with Gasteiger partial charge in [0, 0.05) is 30.8 Å². The van der Waals surface area contributed by atoms with Gasteiger partial charge in [-0.1, -0.05) is 60.7 Å². The third kappa shape index (κ3) is 6.09. The van der Waals surface area contributed by atoms with Gasteiger partial charge in [0.15, 0.2) is 0 Å². The quantitative estimate of drug-likeness (QED) is 0.525. The van der Waals surface area contributed by atoms with Crippen molar-refractivity contribution in [3.8, 4) is 0 Å². The van der Waals surface area contributed by atoms with Crippen LogP contribution in [0.4, 0.5) is 0 Å². The maximum Gasteiger partial charge on any atom is 0.328 e. The number of nitrogens with zero attached hydrogens (tertiary/aromatic N) is 2. The van der Waals surface area contributed by atoms with E-state index in [1.807, 2.05) is 60.7 Å². The van der Waals surface area contributed by atoms with Gasteiger partial charge in [-0.15, -0.1) is 0 Å². The summed E-state index contributed by atoms with van der Waals surface area (Å²) in [7, 11) is 0. The van der Waals surface area contributed by atoms with Gasteiger partial charge in [0.05, 0.1) is 25.9 Å². The number of aromatic nitrogens is 2. The first kappa shape index (κ1) is 23.7. The maximum absolute atomic E-state index is 13.0. The molecule has 0 spiro atoms. The van der Waals surface area contributed by atoms with Crippen molar-refractivity contribution in [1.82, 2.24) is 14.5 Å². The number of aryl methyl sites for hydroxylation is 1. The Morgan fingerprint density at radius 2 is 1.62 bits per heavy atom. The predicted octanol–water partition coefficient (Wildman–Crippen LogP) is 2.11. The van der Waals surface area contributed by atoms with Crippen LogP contribution in [0.3, 0.4) is 0 Å². The van der Waals surface area contributed by atoms with Crippen molar-refractivity contribution in [2.45, 2.75) is 32.8 Å². The third-order valence-corrected chi connectivity index (χ3v) is 5.98. The van der Waals surface area contributed by atoms with E-state index in [1.54, 1.807) is 11.8 Å². The Morgan fingerprint density at radius 1 is 0.971 bits per heavy atom. The second kappa shape index (κ2) is 11.1. The zero-order chi connectivity index (χ0) is 23.9. The van der Waals surface area contributed by atoms with Crippen LogP contribution in [-0.2, 0) is 34.0 Å². The van der Waals surface area contributed by atoms with Crippen molar-refractivity contribution in [1.29, 1.82) is 0 Å². The number of rotatable bonds is 9. The Bertz CT molecular complexity index is 1210. The van der Waals surface area contributed by atoms with Gasteiger partial charge >= 0.3 is 5.69 Å². The first-order valence-electron chi connectivity index (χ1n) is 11.3. The van der Waals surface area contributed by atoms with E-state index in [0.29, 0.717) is 38.5 Å². The fourth-order valence-electron chi connectivity index (χ4n) is 4.06. The van der Waals surface area contributed by atoms with Crippen molar-refractivity contribution < 1.29 is 14.3 Å². The second-order valence-electron chi connectivity index (χ2n) is 8.59. The number of ether oxygens (including phenoxy) is 2. The highest BCUT2D eigenvalue weighted by Crippen LogP contribution is 2.23. The monoisotopic (exact) mass is 463 g/mol. The highest BCUT2D eigenvalue weighted by Gasteiger charge is 2.36. The van der Waals surface area contributed by atoms with Crippen molar-refractivity contribution in [3.63, 3.8) is 0 Å². The molecule has 2 heterocycles. The van der Waals surface area contributed by atoms with Gasteiger partial charge in [-0.25, -0.2) is 4.79 Å². The molecule has 1 amide bonds. The molecule has 34 heavy (non-hydrogen) atoms. The Morgan fingerprint density at radius 3 is 2.29 bits per heavy atom. The number of benzene rings is 2. The number of likely N-dealkylation sites (tertiary alicyclic amines) is 1. The highest BCUT2D eigenvalue weighted by atomic mass is 16.5. The van der Waals surface area contributed by atoms with Gasteiger partial charge in [-0.3, -0.25) is 19.1 Å². The maximum atomic E-state index is 13.0. The predicted molar refractivity (Wildman–Crippen MR) is 127 cm³/mol. The first-order chi connectivity index (χ1) is 16.5. The van der Waals surface area contributed by atoms with E-state index in [0.717, 1.165) is 11.1 Å². The van der Waals surface area contributed by atoms with Crippen LogP contribution in [-0.4, -0.2) is 46.2 Å². The number of nitrogens with one attached hydrogen (secondary N) is 1. The largest absolute Gasteiger partial charge is 0.376 e. The fourth-order valence-corrected chi connectivity index (χ4v) is 4.06. The van der Waals surface area contributed by atoms with E-state index in [1.165, 1.54) is 10.8 Å². The molecule has 0 bridgehead atoms. The Balaban J connectivity index is 1.41. The molecule has 1 aliphatic rings. The van der Waals surface area contributed by atoms with Crippen molar-refractivity contribution >= 4 is 5.91 Å². The number of hydrogen-bond acceptors (Lipinski definition) is 5. The van der Waals surface area contributed by atoms with Crippen LogP contribution in [0.1, 0.15) is 16.7 Å². The van der Waals surface area contributed by atoms with Gasteiger partial charge in [0.2, 0.25) is 5.91 Å². The lowest BCUT2D eigenvalue weighted by Crippen LogP contribution is -2.38. The fraction of sp³-hybridized carbons (Fsp3) is 0.346. The summed E-state index contributed by atoms with van der Waals surface area (Å²) in [5.41, 5.74) is 1.49. The molecule has 1 saturated heterocycles. The summed E-state index contributed by atoms with van der Waals surface area (Å²) in [5, 5.41) is 0. The van der Waals surface area contributed by atoms with Gasteiger partial charge < -0.3 is 14.4 Å². The molecule has 2 atom stereocenters. The van der Waals surface area contributed by atoms with E-state index in [2.05, 4.69) is 4.98 Å². The highest BCUT2D eigenvalue weighted by molar-refractivity contribution is 5.76. The van der Waals surface area contributed by atoms with Crippen LogP contribution < -0.4 is 11.2 Å². The van der Waals surface area contributed by atoms with Gasteiger partial charge in [-0.05, 0) is 18.1 Å². The summed E-state index contributed by atoms with van der Waals surface area (Å²) in [6.45, 7) is 3.74. The molecule has 0 radical (unpaired) electrons. The van der Waals surface area contributed by atoms with Crippen LogP contribution in [0.5, 0.6) is 0 Å². The Labute approximate surface area is 197 Å². The van der Waals surface area contributed by atoms with Crippen LogP contribution in [0, 0.1) is 12.8 Å². The molecular formula is C26H29N3O5. The van der Waals surface area contributed by atoms with Crippen molar-refractivity contribution in [3.05, 3.63) is 104 Å².